The topological polar surface area (TPSA) is 133 Å². The van der Waals surface area contributed by atoms with Gasteiger partial charge in [-0.2, -0.15) is 0 Å². The Bertz CT molecular complexity index is 1430. The standard InChI is InChI=1S/C35H44N4O6/c1-4-23-5-10-26(11-6-23)44-27-12-8-25(9-13-27)33-30(43-21-24-7-14-29-28(17-24)38-15-16-42-29)19-37-20-31(33)45-35(41)34(22(2)3)39-32(40)18-36/h5-14,17,22,30-31,33-34,37-38H,4,15-16,18-21,36H2,1-3H3,(H,39,40)/t30-,31+,33?,34-/m0/s1. The first kappa shape index (κ1) is 32.3. The Labute approximate surface area is 265 Å². The molecule has 4 atom stereocenters. The minimum atomic E-state index is -0.817. The fourth-order valence-electron chi connectivity index (χ4n) is 5.69. The van der Waals surface area contributed by atoms with Crippen LogP contribution in [0, 0.1) is 5.92 Å². The summed E-state index contributed by atoms with van der Waals surface area (Å²) in [4.78, 5) is 25.5. The van der Waals surface area contributed by atoms with Crippen molar-refractivity contribution in [2.24, 2.45) is 11.7 Å². The van der Waals surface area contributed by atoms with Gasteiger partial charge in [-0.05, 0) is 65.4 Å². The van der Waals surface area contributed by atoms with Crippen molar-refractivity contribution >= 4 is 17.6 Å². The highest BCUT2D eigenvalue weighted by molar-refractivity contribution is 5.85. The molecule has 3 aromatic rings. The van der Waals surface area contributed by atoms with Gasteiger partial charge in [0.15, 0.2) is 0 Å². The fraction of sp³-hybridized carbons (Fsp3) is 0.429. The number of aryl methyl sites for hydroxylation is 1. The second kappa shape index (κ2) is 15.2. The number of benzene rings is 3. The third kappa shape index (κ3) is 8.33. The van der Waals surface area contributed by atoms with Crippen molar-refractivity contribution in [2.75, 3.05) is 38.1 Å². The van der Waals surface area contributed by atoms with E-state index in [4.69, 9.17) is 24.7 Å². The third-order valence-corrected chi connectivity index (χ3v) is 8.20. The number of carbonyl (C=O) groups excluding carboxylic acids is 2. The largest absolute Gasteiger partial charge is 0.490 e. The van der Waals surface area contributed by atoms with E-state index in [1.165, 1.54) is 5.56 Å². The number of rotatable bonds is 12. The number of hydrogen-bond acceptors (Lipinski definition) is 9. The summed E-state index contributed by atoms with van der Waals surface area (Å²) in [5.74, 6) is 0.939. The Balaban J connectivity index is 1.36. The molecular weight excluding hydrogens is 572 g/mol. The molecule has 0 aromatic heterocycles. The molecule has 1 amide bonds. The number of nitrogens with two attached hydrogens (primary N) is 1. The maximum absolute atomic E-state index is 13.4. The normalized spacial score (nSPS) is 19.9. The van der Waals surface area contributed by atoms with E-state index in [1.807, 2.05) is 68.4 Å². The number of hydrogen-bond donors (Lipinski definition) is 4. The first-order valence-corrected chi connectivity index (χ1v) is 15.7. The summed E-state index contributed by atoms with van der Waals surface area (Å²) in [6.07, 6.45) is 0.121. The van der Waals surface area contributed by atoms with Gasteiger partial charge in [0.2, 0.25) is 5.91 Å². The highest BCUT2D eigenvalue weighted by Crippen LogP contribution is 2.34. The fourth-order valence-corrected chi connectivity index (χ4v) is 5.69. The monoisotopic (exact) mass is 616 g/mol. The molecule has 240 valence electrons. The van der Waals surface area contributed by atoms with Crippen LogP contribution in [-0.2, 0) is 32.1 Å². The Morgan fingerprint density at radius 3 is 2.36 bits per heavy atom. The van der Waals surface area contributed by atoms with Gasteiger partial charge in [-0.25, -0.2) is 4.79 Å². The van der Waals surface area contributed by atoms with E-state index >= 15 is 0 Å². The van der Waals surface area contributed by atoms with Crippen LogP contribution in [0.5, 0.6) is 17.2 Å². The minimum Gasteiger partial charge on any atom is -0.490 e. The number of fused-ring (bicyclic) bond motifs is 1. The molecule has 0 radical (unpaired) electrons. The van der Waals surface area contributed by atoms with Crippen LogP contribution in [0.3, 0.4) is 0 Å². The molecule has 45 heavy (non-hydrogen) atoms. The number of amides is 1. The summed E-state index contributed by atoms with van der Waals surface area (Å²) < 4.78 is 24.5. The summed E-state index contributed by atoms with van der Waals surface area (Å²) in [6.45, 7) is 8.41. The molecule has 0 bridgehead atoms. The molecule has 2 heterocycles. The van der Waals surface area contributed by atoms with Gasteiger partial charge in [-0.1, -0.05) is 51.1 Å². The molecule has 10 heteroatoms. The lowest BCUT2D eigenvalue weighted by Gasteiger charge is -2.39. The van der Waals surface area contributed by atoms with Crippen LogP contribution in [0.4, 0.5) is 5.69 Å². The summed E-state index contributed by atoms with van der Waals surface area (Å²) in [5, 5.41) is 9.46. The first-order chi connectivity index (χ1) is 21.8. The van der Waals surface area contributed by atoms with Crippen molar-refractivity contribution in [3.8, 4) is 17.2 Å². The molecule has 10 nitrogen and oxygen atoms in total. The molecule has 0 spiro atoms. The van der Waals surface area contributed by atoms with E-state index < -0.39 is 24.0 Å². The number of piperidine rings is 1. The molecule has 1 unspecified atom stereocenters. The lowest BCUT2D eigenvalue weighted by Crippen LogP contribution is -2.54. The van der Waals surface area contributed by atoms with E-state index in [0.717, 1.165) is 41.3 Å². The highest BCUT2D eigenvalue weighted by atomic mass is 16.6. The third-order valence-electron chi connectivity index (χ3n) is 8.20. The molecule has 3 aromatic carbocycles. The first-order valence-electron chi connectivity index (χ1n) is 15.7. The molecular formula is C35H44N4O6. The van der Waals surface area contributed by atoms with Gasteiger partial charge in [0.25, 0.3) is 0 Å². The van der Waals surface area contributed by atoms with E-state index in [0.29, 0.717) is 32.1 Å². The zero-order valence-corrected chi connectivity index (χ0v) is 26.2. The molecule has 0 aliphatic carbocycles. The number of ether oxygens (including phenoxy) is 4. The van der Waals surface area contributed by atoms with Crippen LogP contribution in [-0.4, -0.2) is 62.9 Å². The lowest BCUT2D eigenvalue weighted by atomic mass is 9.85. The van der Waals surface area contributed by atoms with Crippen molar-refractivity contribution in [3.63, 3.8) is 0 Å². The van der Waals surface area contributed by atoms with Crippen molar-refractivity contribution < 1.29 is 28.5 Å². The molecule has 5 N–H and O–H groups in total. The van der Waals surface area contributed by atoms with Crippen LogP contribution < -0.4 is 31.2 Å². The smallest absolute Gasteiger partial charge is 0.329 e. The molecule has 0 saturated carbocycles. The van der Waals surface area contributed by atoms with Gasteiger partial charge in [0, 0.05) is 25.6 Å². The van der Waals surface area contributed by atoms with Crippen LogP contribution in [0.2, 0.25) is 0 Å². The number of esters is 1. The van der Waals surface area contributed by atoms with Gasteiger partial charge in [-0.15, -0.1) is 0 Å². The maximum Gasteiger partial charge on any atom is 0.329 e. The van der Waals surface area contributed by atoms with Crippen molar-refractivity contribution in [2.45, 2.75) is 58.0 Å². The predicted molar refractivity (Wildman–Crippen MR) is 173 cm³/mol. The predicted octanol–water partition coefficient (Wildman–Crippen LogP) is 4.13. The Kier molecular flexibility index (Phi) is 10.9. The molecule has 2 aliphatic rings. The molecule has 2 aliphatic heterocycles. The minimum absolute atomic E-state index is 0.181. The second-order valence-corrected chi connectivity index (χ2v) is 11.8. The zero-order valence-electron chi connectivity index (χ0n) is 26.2. The SMILES string of the molecule is CCc1ccc(Oc2ccc(C3[C@@H](OCc4ccc5c(c4)NCCO5)CNC[C@H]3OC(=O)[C@@H](NC(=O)CN)C(C)C)cc2)cc1. The zero-order chi connectivity index (χ0) is 31.8. The van der Waals surface area contributed by atoms with E-state index in [1.54, 1.807) is 0 Å². The highest BCUT2D eigenvalue weighted by Gasteiger charge is 2.39. The Morgan fingerprint density at radius 1 is 0.978 bits per heavy atom. The Morgan fingerprint density at radius 2 is 1.67 bits per heavy atom. The van der Waals surface area contributed by atoms with E-state index in [9.17, 15) is 9.59 Å². The van der Waals surface area contributed by atoms with Gasteiger partial charge in [0.1, 0.15) is 36.0 Å². The van der Waals surface area contributed by atoms with Gasteiger partial charge in [0.05, 0.1) is 24.9 Å². The summed E-state index contributed by atoms with van der Waals surface area (Å²) in [5.41, 5.74) is 9.67. The summed E-state index contributed by atoms with van der Waals surface area (Å²) in [6, 6.07) is 21.1. The van der Waals surface area contributed by atoms with E-state index in [2.05, 4.69) is 35.0 Å². The van der Waals surface area contributed by atoms with Crippen LogP contribution in [0.15, 0.2) is 66.7 Å². The average molecular weight is 617 g/mol. The summed E-state index contributed by atoms with van der Waals surface area (Å²) >= 11 is 0. The molecule has 1 fully saturated rings. The molecule has 1 saturated heterocycles. The van der Waals surface area contributed by atoms with Gasteiger partial charge in [-0.3, -0.25) is 4.79 Å². The quantitative estimate of drug-likeness (QED) is 0.222. The molecule has 5 rings (SSSR count). The van der Waals surface area contributed by atoms with Crippen molar-refractivity contribution in [1.29, 1.82) is 0 Å². The van der Waals surface area contributed by atoms with Crippen molar-refractivity contribution in [3.05, 3.63) is 83.4 Å². The van der Waals surface area contributed by atoms with Crippen molar-refractivity contribution in [1.82, 2.24) is 10.6 Å². The Hall–Kier alpha value is -4.12. The summed E-state index contributed by atoms with van der Waals surface area (Å²) in [7, 11) is 0. The van der Waals surface area contributed by atoms with Crippen LogP contribution in [0.25, 0.3) is 0 Å². The van der Waals surface area contributed by atoms with E-state index in [-0.39, 0.29) is 24.5 Å². The van der Waals surface area contributed by atoms with Gasteiger partial charge >= 0.3 is 5.97 Å². The second-order valence-electron chi connectivity index (χ2n) is 11.8. The lowest BCUT2D eigenvalue weighted by molar-refractivity contribution is -0.159. The number of carbonyl (C=O) groups is 2. The average Bonchev–Trinajstić information content (AvgIpc) is 3.06. The van der Waals surface area contributed by atoms with Crippen LogP contribution >= 0.6 is 0 Å². The van der Waals surface area contributed by atoms with Crippen LogP contribution in [0.1, 0.15) is 43.4 Å². The maximum atomic E-state index is 13.4. The number of nitrogens with one attached hydrogen (secondary N) is 3. The number of anilines is 1. The van der Waals surface area contributed by atoms with Gasteiger partial charge < -0.3 is 40.6 Å².